The average molecular weight is 873 g/mol. The summed E-state index contributed by atoms with van der Waals surface area (Å²) in [5.41, 5.74) is 13.9. The second-order valence-electron chi connectivity index (χ2n) is 16.9. The van der Waals surface area contributed by atoms with E-state index in [9.17, 15) is 2.74 Å². The summed E-state index contributed by atoms with van der Waals surface area (Å²) in [6.07, 6.45) is 0. The highest BCUT2D eigenvalue weighted by Gasteiger charge is 2.19. The highest BCUT2D eigenvalue weighted by atomic mass is 16.3. The summed E-state index contributed by atoms with van der Waals surface area (Å²) < 4.78 is 44.8. The first-order valence-electron chi connectivity index (χ1n) is 24.6. The molecule has 0 saturated carbocycles. The normalized spacial score (nSPS) is 12.4. The van der Waals surface area contributed by atoms with Crippen molar-refractivity contribution in [3.8, 4) is 84.4 Å². The molecule has 318 valence electrons. The first-order chi connectivity index (χ1) is 35.3. The van der Waals surface area contributed by atoms with Gasteiger partial charge in [0.1, 0.15) is 11.2 Å². The lowest BCUT2D eigenvalue weighted by Gasteiger charge is -2.15. The predicted octanol–water partition coefficient (Wildman–Crippen LogP) is 16.5. The Morgan fingerprint density at radius 1 is 0.338 bits per heavy atom. The fourth-order valence-electron chi connectivity index (χ4n) is 9.51. The molecular formula is C63H40N4O. The Labute approximate surface area is 398 Å². The van der Waals surface area contributed by atoms with Crippen molar-refractivity contribution in [3.63, 3.8) is 0 Å². The smallest absolute Gasteiger partial charge is 0.164 e. The highest BCUT2D eigenvalue weighted by molar-refractivity contribution is 6.14. The van der Waals surface area contributed by atoms with Crippen molar-refractivity contribution in [2.75, 3.05) is 0 Å². The predicted molar refractivity (Wildman–Crippen MR) is 279 cm³/mol. The summed E-state index contributed by atoms with van der Waals surface area (Å²) in [5, 5.41) is 3.27. The molecule has 0 unspecified atom stereocenters. The molecule has 13 rings (SSSR count). The van der Waals surface area contributed by atoms with Crippen molar-refractivity contribution >= 4 is 43.7 Å². The number of furan rings is 1. The first-order valence-corrected chi connectivity index (χ1v) is 22.6. The van der Waals surface area contributed by atoms with Crippen LogP contribution in [0.5, 0.6) is 0 Å². The molecule has 0 amide bonds. The molecule has 0 aliphatic rings. The third-order valence-corrected chi connectivity index (χ3v) is 12.7. The van der Waals surface area contributed by atoms with Crippen LogP contribution in [0.2, 0.25) is 0 Å². The van der Waals surface area contributed by atoms with Gasteiger partial charge in [-0.3, -0.25) is 0 Å². The molecule has 0 N–H and O–H groups in total. The highest BCUT2D eigenvalue weighted by Crippen LogP contribution is 2.42. The minimum atomic E-state index is -0.288. The van der Waals surface area contributed by atoms with E-state index in [1.165, 1.54) is 0 Å². The van der Waals surface area contributed by atoms with Crippen molar-refractivity contribution < 1.29 is 9.90 Å². The SMILES string of the molecule is [2H]c1c([2H])c([2H])c2c(c1[2H])c1cccc(-c3cc(-c4ccccc4)cc(-c4ccccc4)c3)c1n2-c1cccc(-c2cccc(-c3nc(-c4ccccc4)nc(-c4ccc5c(c4)oc4ccccc45)n3)c2)c1. The topological polar surface area (TPSA) is 56.7 Å². The van der Waals surface area contributed by atoms with E-state index >= 15 is 0 Å². The van der Waals surface area contributed by atoms with E-state index in [0.29, 0.717) is 28.4 Å². The zero-order chi connectivity index (χ0) is 48.5. The molecule has 0 spiro atoms. The van der Waals surface area contributed by atoms with Gasteiger partial charge in [-0.2, -0.15) is 0 Å². The minimum Gasteiger partial charge on any atom is -0.456 e. The quantitative estimate of drug-likeness (QED) is 0.153. The number of para-hydroxylation sites is 3. The van der Waals surface area contributed by atoms with Gasteiger partial charge in [-0.05, 0) is 99.6 Å². The third kappa shape index (κ3) is 6.93. The van der Waals surface area contributed by atoms with Gasteiger partial charge < -0.3 is 8.98 Å². The van der Waals surface area contributed by atoms with Gasteiger partial charge in [-0.25, -0.2) is 15.0 Å². The lowest BCUT2D eigenvalue weighted by molar-refractivity contribution is 0.669. The molecule has 3 aromatic heterocycles. The van der Waals surface area contributed by atoms with Crippen LogP contribution in [0.25, 0.3) is 128 Å². The van der Waals surface area contributed by atoms with E-state index in [0.717, 1.165) is 99.7 Å². The summed E-state index contributed by atoms with van der Waals surface area (Å²) in [5.74, 6) is 1.58. The van der Waals surface area contributed by atoms with Crippen LogP contribution in [0, 0.1) is 0 Å². The van der Waals surface area contributed by atoms with Crippen LogP contribution in [0.1, 0.15) is 5.48 Å². The molecular weight excluding hydrogens is 829 g/mol. The molecule has 3 heterocycles. The van der Waals surface area contributed by atoms with Crippen LogP contribution in [-0.4, -0.2) is 19.5 Å². The summed E-state index contributed by atoms with van der Waals surface area (Å²) in [6.45, 7) is 0. The van der Waals surface area contributed by atoms with Gasteiger partial charge >= 0.3 is 0 Å². The standard InChI is InChI=1S/C63H40N4O/c1-4-17-41(18-5-1)48-36-49(42-19-6-2-7-20-42)38-50(37-48)52-29-16-30-56-53-27-10-12-31-57(53)67(60(52)56)51-26-15-24-45(39-51)44-23-14-25-46(35-44)62-64-61(43-21-8-3-9-22-43)65-63(66-62)47-33-34-55-54-28-11-13-32-58(54)68-59(55)40-47/h1-40H/i10D,12D,27D,31D. The van der Waals surface area contributed by atoms with E-state index in [-0.39, 0.29) is 24.2 Å². The van der Waals surface area contributed by atoms with E-state index in [1.807, 2.05) is 138 Å². The van der Waals surface area contributed by atoms with Crippen LogP contribution >= 0.6 is 0 Å². The Balaban J connectivity index is 0.982. The number of fused-ring (bicyclic) bond motifs is 6. The number of benzene rings is 10. The molecule has 0 aliphatic heterocycles. The summed E-state index contributed by atoms with van der Waals surface area (Å²) in [4.78, 5) is 15.2. The monoisotopic (exact) mass is 872 g/mol. The maximum Gasteiger partial charge on any atom is 0.164 e. The van der Waals surface area contributed by atoms with E-state index < -0.39 is 0 Å². The van der Waals surface area contributed by atoms with Gasteiger partial charge in [0.15, 0.2) is 17.5 Å². The van der Waals surface area contributed by atoms with E-state index in [4.69, 9.17) is 22.1 Å². The molecule has 0 fully saturated rings. The largest absolute Gasteiger partial charge is 0.456 e. The Bertz CT molecular complexity index is 4210. The van der Waals surface area contributed by atoms with Gasteiger partial charge in [0.25, 0.3) is 0 Å². The summed E-state index contributed by atoms with van der Waals surface area (Å²) in [6, 6.07) is 72.9. The Morgan fingerprint density at radius 3 is 1.59 bits per heavy atom. The number of rotatable bonds is 8. The van der Waals surface area contributed by atoms with Crippen LogP contribution in [0.4, 0.5) is 0 Å². The fraction of sp³-hybridized carbons (Fsp3) is 0. The van der Waals surface area contributed by atoms with E-state index in [2.05, 4.69) is 84.9 Å². The number of nitrogens with zero attached hydrogens (tertiary/aromatic N) is 4. The van der Waals surface area contributed by atoms with Crippen LogP contribution in [-0.2, 0) is 0 Å². The van der Waals surface area contributed by atoms with Gasteiger partial charge in [0.2, 0.25) is 0 Å². The first kappa shape index (κ1) is 35.1. The molecule has 0 atom stereocenters. The van der Waals surface area contributed by atoms with Crippen LogP contribution in [0.3, 0.4) is 0 Å². The van der Waals surface area contributed by atoms with Gasteiger partial charge in [-0.15, -0.1) is 0 Å². The third-order valence-electron chi connectivity index (χ3n) is 12.7. The van der Waals surface area contributed by atoms with Gasteiger partial charge in [0.05, 0.1) is 16.5 Å². The molecule has 5 heteroatoms. The molecule has 0 bridgehead atoms. The molecule has 0 aliphatic carbocycles. The zero-order valence-corrected chi connectivity index (χ0v) is 36.5. The van der Waals surface area contributed by atoms with Crippen molar-refractivity contribution in [1.82, 2.24) is 19.5 Å². The number of aromatic nitrogens is 4. The zero-order valence-electron chi connectivity index (χ0n) is 40.5. The Kier molecular flexibility index (Phi) is 8.45. The second kappa shape index (κ2) is 16.4. The van der Waals surface area contributed by atoms with Crippen LogP contribution < -0.4 is 0 Å². The average Bonchev–Trinajstić information content (AvgIpc) is 4.01. The van der Waals surface area contributed by atoms with Crippen LogP contribution in [0.15, 0.2) is 247 Å². The Morgan fingerprint density at radius 2 is 0.853 bits per heavy atom. The molecule has 13 aromatic rings. The van der Waals surface area contributed by atoms with Crippen molar-refractivity contribution in [3.05, 3.63) is 243 Å². The molecule has 5 nitrogen and oxygen atoms in total. The summed E-state index contributed by atoms with van der Waals surface area (Å²) in [7, 11) is 0. The van der Waals surface area contributed by atoms with Crippen molar-refractivity contribution in [1.29, 1.82) is 0 Å². The minimum absolute atomic E-state index is 0.0807. The lowest BCUT2D eigenvalue weighted by Crippen LogP contribution is -2.00. The molecule has 0 radical (unpaired) electrons. The number of hydrogen-bond donors (Lipinski definition) is 0. The lowest BCUT2D eigenvalue weighted by atomic mass is 9.92. The van der Waals surface area contributed by atoms with Crippen molar-refractivity contribution in [2.45, 2.75) is 0 Å². The van der Waals surface area contributed by atoms with Crippen molar-refractivity contribution in [2.24, 2.45) is 0 Å². The molecule has 0 saturated heterocycles. The van der Waals surface area contributed by atoms with Gasteiger partial charge in [0, 0.05) is 49.5 Å². The second-order valence-corrected chi connectivity index (χ2v) is 16.9. The fourth-order valence-corrected chi connectivity index (χ4v) is 9.51. The number of hydrogen-bond acceptors (Lipinski definition) is 4. The van der Waals surface area contributed by atoms with Gasteiger partial charge in [-0.1, -0.05) is 182 Å². The van der Waals surface area contributed by atoms with E-state index in [1.54, 1.807) is 0 Å². The maximum atomic E-state index is 9.45. The summed E-state index contributed by atoms with van der Waals surface area (Å²) >= 11 is 0. The maximum absolute atomic E-state index is 9.45. The Hall–Kier alpha value is -9.19. The molecule has 68 heavy (non-hydrogen) atoms. The molecule has 10 aromatic carbocycles.